The number of thioether (sulfide) groups is 1. The number of carbonyl (C=O) groups is 1. The second kappa shape index (κ2) is 11.1. The van der Waals surface area contributed by atoms with Crippen LogP contribution in [0.4, 0.5) is 11.4 Å². The van der Waals surface area contributed by atoms with E-state index in [9.17, 15) is 4.79 Å². The van der Waals surface area contributed by atoms with Crippen molar-refractivity contribution in [3.05, 3.63) is 89.2 Å². The molecule has 1 aromatic heterocycles. The van der Waals surface area contributed by atoms with E-state index in [2.05, 4.69) is 71.9 Å². The predicted octanol–water partition coefficient (Wildman–Crippen LogP) is 5.54. The number of rotatable bonds is 9. The molecule has 0 aliphatic carbocycles. The maximum atomic E-state index is 12.7. The van der Waals surface area contributed by atoms with Gasteiger partial charge in [0, 0.05) is 17.4 Å². The maximum absolute atomic E-state index is 12.7. The second-order valence-electron chi connectivity index (χ2n) is 8.32. The molecule has 0 fully saturated rings. The fourth-order valence-corrected chi connectivity index (χ4v) is 4.44. The molecule has 1 amide bonds. The van der Waals surface area contributed by atoms with Gasteiger partial charge in [-0.15, -0.1) is 10.2 Å². The van der Waals surface area contributed by atoms with Crippen LogP contribution >= 0.6 is 11.8 Å². The summed E-state index contributed by atoms with van der Waals surface area (Å²) in [6.07, 6.45) is 0. The van der Waals surface area contributed by atoms with Crippen LogP contribution in [0.25, 0.3) is 5.69 Å². The Bertz CT molecular complexity index is 1330. The van der Waals surface area contributed by atoms with Crippen LogP contribution in [0.3, 0.4) is 0 Å². The molecule has 0 spiro atoms. The number of benzene rings is 3. The van der Waals surface area contributed by atoms with E-state index < -0.39 is 0 Å². The smallest absolute Gasteiger partial charge is 0.234 e. The highest BCUT2D eigenvalue weighted by Crippen LogP contribution is 2.26. The zero-order chi connectivity index (χ0) is 24.8. The third-order valence-corrected chi connectivity index (χ3v) is 6.39. The topological polar surface area (TPSA) is 81.1 Å². The van der Waals surface area contributed by atoms with E-state index in [1.54, 1.807) is 13.2 Å². The van der Waals surface area contributed by atoms with Crippen molar-refractivity contribution < 1.29 is 9.53 Å². The molecule has 0 bridgehead atoms. The minimum absolute atomic E-state index is 0.127. The summed E-state index contributed by atoms with van der Waals surface area (Å²) < 4.78 is 7.27. The Hall–Kier alpha value is -3.78. The van der Waals surface area contributed by atoms with Crippen LogP contribution in [0.15, 0.2) is 71.9 Å². The van der Waals surface area contributed by atoms with Gasteiger partial charge in [0.05, 0.1) is 25.1 Å². The zero-order valence-electron chi connectivity index (χ0n) is 20.3. The second-order valence-corrected chi connectivity index (χ2v) is 9.26. The summed E-state index contributed by atoms with van der Waals surface area (Å²) in [5.74, 6) is 1.54. The molecule has 8 heteroatoms. The molecule has 0 radical (unpaired) electrons. The molecular formula is C27H29N5O2S. The Balaban J connectivity index is 1.55. The summed E-state index contributed by atoms with van der Waals surface area (Å²) in [5.41, 5.74) is 6.15. The first-order chi connectivity index (χ1) is 16.9. The summed E-state index contributed by atoms with van der Waals surface area (Å²) in [4.78, 5) is 12.7. The highest BCUT2D eigenvalue weighted by atomic mass is 32.2. The Morgan fingerprint density at radius 2 is 1.71 bits per heavy atom. The van der Waals surface area contributed by atoms with Crippen molar-refractivity contribution in [1.82, 2.24) is 14.8 Å². The minimum atomic E-state index is -0.127. The van der Waals surface area contributed by atoms with Gasteiger partial charge in [0.15, 0.2) is 11.0 Å². The number of anilines is 2. The molecule has 3 aromatic carbocycles. The quantitative estimate of drug-likeness (QED) is 0.302. The fraction of sp³-hybridized carbons (Fsp3) is 0.222. The average molecular weight is 488 g/mol. The first-order valence-electron chi connectivity index (χ1n) is 11.3. The van der Waals surface area contributed by atoms with Crippen molar-refractivity contribution >= 4 is 29.0 Å². The highest BCUT2D eigenvalue weighted by molar-refractivity contribution is 7.99. The van der Waals surface area contributed by atoms with Gasteiger partial charge >= 0.3 is 0 Å². The lowest BCUT2D eigenvalue weighted by molar-refractivity contribution is -0.113. The van der Waals surface area contributed by atoms with Crippen molar-refractivity contribution in [2.45, 2.75) is 32.5 Å². The van der Waals surface area contributed by atoms with Crippen LogP contribution < -0.4 is 15.4 Å². The molecule has 0 saturated carbocycles. The lowest BCUT2D eigenvalue weighted by atomic mass is 10.1. The van der Waals surface area contributed by atoms with E-state index in [1.165, 1.54) is 17.3 Å². The summed E-state index contributed by atoms with van der Waals surface area (Å²) in [6, 6.07) is 21.8. The molecule has 2 N–H and O–H groups in total. The predicted molar refractivity (Wildman–Crippen MR) is 142 cm³/mol. The van der Waals surface area contributed by atoms with Crippen molar-refractivity contribution in [2.75, 3.05) is 23.5 Å². The molecule has 0 atom stereocenters. The number of hydrogen-bond acceptors (Lipinski definition) is 6. The van der Waals surface area contributed by atoms with Crippen molar-refractivity contribution in [3.63, 3.8) is 0 Å². The lowest BCUT2D eigenvalue weighted by Gasteiger charge is -2.14. The van der Waals surface area contributed by atoms with E-state index >= 15 is 0 Å². The van der Waals surface area contributed by atoms with Crippen molar-refractivity contribution in [3.8, 4) is 11.4 Å². The largest absolute Gasteiger partial charge is 0.497 e. The molecule has 0 saturated heterocycles. The van der Waals surface area contributed by atoms with Gasteiger partial charge in [0.1, 0.15) is 5.75 Å². The molecule has 0 aliphatic rings. The van der Waals surface area contributed by atoms with Crippen LogP contribution in [0.5, 0.6) is 5.75 Å². The van der Waals surface area contributed by atoms with Gasteiger partial charge in [-0.05, 0) is 67.8 Å². The molecule has 180 valence electrons. The summed E-state index contributed by atoms with van der Waals surface area (Å²) in [5, 5.41) is 15.9. The van der Waals surface area contributed by atoms with Gasteiger partial charge in [-0.1, -0.05) is 42.1 Å². The van der Waals surface area contributed by atoms with E-state index in [4.69, 9.17) is 4.74 Å². The summed E-state index contributed by atoms with van der Waals surface area (Å²) >= 11 is 1.36. The standard InChI is InChI=1S/C27H29N5O2S/c1-18-7-5-8-21(13-18)28-16-25-30-31-27(32(25)24-14-19(2)11-12-20(24)3)35-17-26(33)29-22-9-6-10-23(15-22)34-4/h5-15,28H,16-17H2,1-4H3,(H,29,33). The third-order valence-electron chi connectivity index (χ3n) is 5.46. The first-order valence-corrected chi connectivity index (χ1v) is 12.3. The first kappa shape index (κ1) is 24.3. The summed E-state index contributed by atoms with van der Waals surface area (Å²) in [6.45, 7) is 6.69. The van der Waals surface area contributed by atoms with Crippen molar-refractivity contribution in [2.24, 2.45) is 0 Å². The third kappa shape index (κ3) is 6.22. The molecule has 4 rings (SSSR count). The summed E-state index contributed by atoms with van der Waals surface area (Å²) in [7, 11) is 1.60. The van der Waals surface area contributed by atoms with Crippen LogP contribution in [-0.4, -0.2) is 33.5 Å². The van der Waals surface area contributed by atoms with Gasteiger partial charge in [-0.3, -0.25) is 9.36 Å². The number of nitrogens with one attached hydrogen (secondary N) is 2. The SMILES string of the molecule is COc1cccc(NC(=O)CSc2nnc(CNc3cccc(C)c3)n2-c2cc(C)ccc2C)c1. The van der Waals surface area contributed by atoms with E-state index in [0.29, 0.717) is 23.1 Å². The Morgan fingerprint density at radius 1 is 0.943 bits per heavy atom. The average Bonchev–Trinajstić information content (AvgIpc) is 3.25. The number of methoxy groups -OCH3 is 1. The monoisotopic (exact) mass is 487 g/mol. The molecule has 4 aromatic rings. The number of hydrogen-bond donors (Lipinski definition) is 2. The molecule has 0 unspecified atom stereocenters. The van der Waals surface area contributed by atoms with Crippen LogP contribution in [0.1, 0.15) is 22.5 Å². The molecule has 7 nitrogen and oxygen atoms in total. The molecule has 0 aliphatic heterocycles. The number of amides is 1. The number of aryl methyl sites for hydroxylation is 3. The van der Waals surface area contributed by atoms with E-state index in [-0.39, 0.29) is 11.7 Å². The number of carbonyl (C=O) groups excluding carboxylic acids is 1. The number of nitrogens with zero attached hydrogens (tertiary/aromatic N) is 3. The Labute approximate surface area is 209 Å². The van der Waals surface area contributed by atoms with Gasteiger partial charge in [0.25, 0.3) is 0 Å². The fourth-order valence-electron chi connectivity index (χ4n) is 3.67. The molecule has 35 heavy (non-hydrogen) atoms. The Morgan fingerprint density at radius 3 is 2.51 bits per heavy atom. The van der Waals surface area contributed by atoms with Crippen LogP contribution in [0, 0.1) is 20.8 Å². The maximum Gasteiger partial charge on any atom is 0.234 e. The van der Waals surface area contributed by atoms with Gasteiger partial charge < -0.3 is 15.4 Å². The lowest BCUT2D eigenvalue weighted by Crippen LogP contribution is -2.15. The molecule has 1 heterocycles. The van der Waals surface area contributed by atoms with Gasteiger partial charge in [-0.2, -0.15) is 0 Å². The Kier molecular flexibility index (Phi) is 7.72. The van der Waals surface area contributed by atoms with E-state index in [0.717, 1.165) is 28.3 Å². The van der Waals surface area contributed by atoms with Crippen LogP contribution in [-0.2, 0) is 11.3 Å². The van der Waals surface area contributed by atoms with Crippen LogP contribution in [0.2, 0.25) is 0 Å². The van der Waals surface area contributed by atoms with Gasteiger partial charge in [-0.25, -0.2) is 0 Å². The minimum Gasteiger partial charge on any atom is -0.497 e. The molecular weight excluding hydrogens is 458 g/mol. The van der Waals surface area contributed by atoms with Gasteiger partial charge in [0.2, 0.25) is 5.91 Å². The normalized spacial score (nSPS) is 10.7. The highest BCUT2D eigenvalue weighted by Gasteiger charge is 2.18. The van der Waals surface area contributed by atoms with E-state index in [1.807, 2.05) is 34.9 Å². The zero-order valence-corrected chi connectivity index (χ0v) is 21.1. The number of ether oxygens (including phenoxy) is 1. The van der Waals surface area contributed by atoms with Crippen molar-refractivity contribution in [1.29, 1.82) is 0 Å². The number of aromatic nitrogens is 3.